The van der Waals surface area contributed by atoms with Crippen LogP contribution in [0.4, 0.5) is 0 Å². The predicted octanol–water partition coefficient (Wildman–Crippen LogP) is 0.544. The molecule has 2 rings (SSSR count). The fourth-order valence-corrected chi connectivity index (χ4v) is 3.85. The number of rotatable bonds is 5. The molecule has 6 heteroatoms. The lowest BCUT2D eigenvalue weighted by molar-refractivity contribution is -0.305. The molecule has 110 valence electrons. The van der Waals surface area contributed by atoms with Gasteiger partial charge in [0, 0.05) is 19.1 Å². The van der Waals surface area contributed by atoms with Crippen molar-refractivity contribution in [2.24, 2.45) is 0 Å². The smallest absolute Gasteiger partial charge is 0.243 e. The van der Waals surface area contributed by atoms with Gasteiger partial charge >= 0.3 is 0 Å². The molecule has 1 saturated heterocycles. The van der Waals surface area contributed by atoms with E-state index in [1.54, 1.807) is 24.3 Å². The number of carbonyl (C=O) groups excluding carboxylic acids is 1. The summed E-state index contributed by atoms with van der Waals surface area (Å²) in [6, 6.07) is 6.43. The molecule has 0 aliphatic carbocycles. The number of piperidine rings is 1. The predicted molar refractivity (Wildman–Crippen MR) is 72.4 cm³/mol. The highest BCUT2D eigenvalue weighted by atomic mass is 32.2. The van der Waals surface area contributed by atoms with Gasteiger partial charge in [0.2, 0.25) is 10.0 Å². The molecule has 0 spiro atoms. The number of aryl methyl sites for hydroxylation is 1. The normalized spacial score (nSPS) is 17.0. The van der Waals surface area contributed by atoms with Crippen molar-refractivity contribution in [3.05, 3.63) is 29.8 Å². The van der Waals surface area contributed by atoms with Gasteiger partial charge in [-0.3, -0.25) is 0 Å². The molecule has 5 nitrogen and oxygen atoms in total. The molecule has 0 atom stereocenters. The topological polar surface area (TPSA) is 77.5 Å². The van der Waals surface area contributed by atoms with Crippen molar-refractivity contribution in [3.8, 4) is 0 Å². The molecule has 1 fully saturated rings. The number of carbonyl (C=O) groups is 1. The summed E-state index contributed by atoms with van der Waals surface area (Å²) >= 11 is 0. The Morgan fingerprint density at radius 3 is 2.25 bits per heavy atom. The first-order chi connectivity index (χ1) is 9.50. The number of carboxylic acid groups (broad SMARTS) is 1. The monoisotopic (exact) mass is 296 g/mol. The van der Waals surface area contributed by atoms with Gasteiger partial charge in [0.25, 0.3) is 0 Å². The van der Waals surface area contributed by atoms with E-state index in [1.165, 1.54) is 4.31 Å². The minimum atomic E-state index is -3.41. The number of carboxylic acids is 1. The molecule has 1 aromatic carbocycles. The van der Waals surface area contributed by atoms with Gasteiger partial charge < -0.3 is 9.90 Å². The maximum absolute atomic E-state index is 12.4. The van der Waals surface area contributed by atoms with Gasteiger partial charge in [-0.25, -0.2) is 8.42 Å². The molecule has 1 aliphatic heterocycles. The highest BCUT2D eigenvalue weighted by molar-refractivity contribution is 7.89. The van der Waals surface area contributed by atoms with Crippen molar-refractivity contribution in [1.29, 1.82) is 0 Å². The fourth-order valence-electron chi connectivity index (χ4n) is 2.33. The van der Waals surface area contributed by atoms with Crippen LogP contribution in [0, 0.1) is 0 Å². The molecule has 0 N–H and O–H groups in total. The second-order valence-electron chi connectivity index (χ2n) is 4.98. The third-order valence-corrected chi connectivity index (χ3v) is 5.41. The Kier molecular flexibility index (Phi) is 4.77. The van der Waals surface area contributed by atoms with Gasteiger partial charge in [-0.2, -0.15) is 4.31 Å². The number of sulfonamides is 1. The van der Waals surface area contributed by atoms with Crippen LogP contribution in [0.2, 0.25) is 0 Å². The molecule has 1 heterocycles. The molecule has 0 saturated carbocycles. The Labute approximate surface area is 119 Å². The number of hydrogen-bond donors (Lipinski definition) is 0. The summed E-state index contributed by atoms with van der Waals surface area (Å²) in [7, 11) is -3.41. The number of hydrogen-bond acceptors (Lipinski definition) is 4. The van der Waals surface area contributed by atoms with E-state index in [0.29, 0.717) is 19.5 Å². The van der Waals surface area contributed by atoms with Crippen LogP contribution < -0.4 is 5.11 Å². The zero-order valence-corrected chi connectivity index (χ0v) is 12.1. The van der Waals surface area contributed by atoms with Crippen LogP contribution in [0.1, 0.15) is 31.2 Å². The van der Waals surface area contributed by atoms with Crippen molar-refractivity contribution in [1.82, 2.24) is 4.31 Å². The number of benzene rings is 1. The second kappa shape index (κ2) is 6.37. The third-order valence-electron chi connectivity index (χ3n) is 3.49. The SMILES string of the molecule is O=C([O-])CCc1ccc(S(=O)(=O)N2CCCCC2)cc1. The zero-order valence-electron chi connectivity index (χ0n) is 11.2. The van der Waals surface area contributed by atoms with Crippen LogP contribution in [0.15, 0.2) is 29.2 Å². The standard InChI is InChI=1S/C14H19NO4S/c16-14(17)9-6-12-4-7-13(8-5-12)20(18,19)15-10-2-1-3-11-15/h4-5,7-8H,1-3,6,9-11H2,(H,16,17)/p-1. The average molecular weight is 296 g/mol. The Bertz CT molecular complexity index is 559. The summed E-state index contributed by atoms with van der Waals surface area (Å²) in [6.07, 6.45) is 3.19. The molecular weight excluding hydrogens is 278 g/mol. The molecule has 20 heavy (non-hydrogen) atoms. The van der Waals surface area contributed by atoms with Gasteiger partial charge in [0.1, 0.15) is 0 Å². The van der Waals surface area contributed by atoms with E-state index in [2.05, 4.69) is 0 Å². The van der Waals surface area contributed by atoms with E-state index in [0.717, 1.165) is 24.8 Å². The van der Waals surface area contributed by atoms with Crippen molar-refractivity contribution in [3.63, 3.8) is 0 Å². The summed E-state index contributed by atoms with van der Waals surface area (Å²) in [4.78, 5) is 10.7. The summed E-state index contributed by atoms with van der Waals surface area (Å²) in [5.74, 6) is -1.10. The first kappa shape index (κ1) is 15.0. The lowest BCUT2D eigenvalue weighted by Crippen LogP contribution is -2.35. The van der Waals surface area contributed by atoms with Crippen LogP contribution in [0.25, 0.3) is 0 Å². The first-order valence-electron chi connectivity index (χ1n) is 6.79. The first-order valence-corrected chi connectivity index (χ1v) is 8.23. The summed E-state index contributed by atoms with van der Waals surface area (Å²) in [5, 5.41) is 10.4. The molecule has 0 bridgehead atoms. The molecule has 1 aliphatic rings. The highest BCUT2D eigenvalue weighted by Gasteiger charge is 2.25. The zero-order chi connectivity index (χ0) is 14.6. The van der Waals surface area contributed by atoms with Crippen molar-refractivity contribution in [2.45, 2.75) is 37.0 Å². The van der Waals surface area contributed by atoms with Crippen molar-refractivity contribution >= 4 is 16.0 Å². The largest absolute Gasteiger partial charge is 0.550 e. The summed E-state index contributed by atoms with van der Waals surface area (Å²) in [6.45, 7) is 1.16. The van der Waals surface area contributed by atoms with Crippen LogP contribution >= 0.6 is 0 Å². The van der Waals surface area contributed by atoms with Crippen LogP contribution in [0.3, 0.4) is 0 Å². The van der Waals surface area contributed by atoms with Crippen molar-refractivity contribution < 1.29 is 18.3 Å². The van der Waals surface area contributed by atoms with Gasteiger partial charge in [-0.1, -0.05) is 18.6 Å². The van der Waals surface area contributed by atoms with Gasteiger partial charge in [-0.15, -0.1) is 0 Å². The molecule has 0 amide bonds. The summed E-state index contributed by atoms with van der Waals surface area (Å²) < 4.78 is 26.3. The molecular formula is C14H18NO4S-. The Balaban J connectivity index is 2.10. The Hall–Kier alpha value is -1.40. The molecule has 1 aromatic rings. The van der Waals surface area contributed by atoms with Crippen LogP contribution in [-0.2, 0) is 21.2 Å². The number of nitrogens with zero attached hydrogens (tertiary/aromatic N) is 1. The molecule has 0 radical (unpaired) electrons. The van der Waals surface area contributed by atoms with E-state index in [9.17, 15) is 18.3 Å². The quantitative estimate of drug-likeness (QED) is 0.794. The second-order valence-corrected chi connectivity index (χ2v) is 6.92. The van der Waals surface area contributed by atoms with Gasteiger partial charge in [0.15, 0.2) is 0 Å². The molecule has 0 aromatic heterocycles. The van der Waals surface area contributed by atoms with E-state index >= 15 is 0 Å². The van der Waals surface area contributed by atoms with E-state index in [1.807, 2.05) is 0 Å². The highest BCUT2D eigenvalue weighted by Crippen LogP contribution is 2.21. The lowest BCUT2D eigenvalue weighted by Gasteiger charge is -2.25. The minimum absolute atomic E-state index is 0.0573. The average Bonchev–Trinajstić information content (AvgIpc) is 2.46. The maximum Gasteiger partial charge on any atom is 0.243 e. The lowest BCUT2D eigenvalue weighted by atomic mass is 10.1. The Morgan fingerprint density at radius 1 is 1.10 bits per heavy atom. The fraction of sp³-hybridized carbons (Fsp3) is 0.500. The third kappa shape index (κ3) is 3.58. The maximum atomic E-state index is 12.4. The Morgan fingerprint density at radius 2 is 1.70 bits per heavy atom. The van der Waals surface area contributed by atoms with E-state index in [-0.39, 0.29) is 11.3 Å². The molecule has 0 unspecified atom stereocenters. The van der Waals surface area contributed by atoms with Gasteiger partial charge in [-0.05, 0) is 43.4 Å². The number of aliphatic carboxylic acids is 1. The van der Waals surface area contributed by atoms with E-state index < -0.39 is 16.0 Å². The van der Waals surface area contributed by atoms with Crippen LogP contribution in [0.5, 0.6) is 0 Å². The van der Waals surface area contributed by atoms with Gasteiger partial charge in [0.05, 0.1) is 4.90 Å². The summed E-state index contributed by atoms with van der Waals surface area (Å²) in [5.41, 5.74) is 0.798. The van der Waals surface area contributed by atoms with Crippen molar-refractivity contribution in [2.75, 3.05) is 13.1 Å². The van der Waals surface area contributed by atoms with Crippen LogP contribution in [-0.4, -0.2) is 31.8 Å². The minimum Gasteiger partial charge on any atom is -0.550 e. The van der Waals surface area contributed by atoms with E-state index in [4.69, 9.17) is 0 Å².